The van der Waals surface area contributed by atoms with Gasteiger partial charge in [-0.05, 0) is 35.8 Å². The maximum atomic E-state index is 13.1. The van der Waals surface area contributed by atoms with Crippen LogP contribution in [0.2, 0.25) is 5.02 Å². The second-order valence-corrected chi connectivity index (χ2v) is 7.60. The molecule has 0 aromatic heterocycles. The van der Waals surface area contributed by atoms with Crippen molar-refractivity contribution in [2.75, 3.05) is 13.1 Å². The third kappa shape index (κ3) is 3.32. The van der Waals surface area contributed by atoms with E-state index in [1.165, 1.54) is 10.4 Å². The molecule has 1 aliphatic rings. The van der Waals surface area contributed by atoms with Crippen molar-refractivity contribution in [1.82, 2.24) is 4.31 Å². The summed E-state index contributed by atoms with van der Waals surface area (Å²) in [4.78, 5) is -0.0582. The standard InChI is InChI=1S/C17H15ClFNO2S/c18-16-12-15(19)6-7-17(16)23(21,22)20-10-8-14(9-11-20)13-4-2-1-3-5-13/h1-8,12H,9-11H2. The Morgan fingerprint density at radius 3 is 2.43 bits per heavy atom. The van der Waals surface area contributed by atoms with Crippen molar-refractivity contribution in [2.24, 2.45) is 0 Å². The van der Waals surface area contributed by atoms with Crippen LogP contribution < -0.4 is 0 Å². The minimum Gasteiger partial charge on any atom is -0.207 e. The molecule has 6 heteroatoms. The number of nitrogens with zero attached hydrogens (tertiary/aromatic N) is 1. The summed E-state index contributed by atoms with van der Waals surface area (Å²) in [6.07, 6.45) is 2.54. The van der Waals surface area contributed by atoms with E-state index >= 15 is 0 Å². The van der Waals surface area contributed by atoms with E-state index < -0.39 is 15.8 Å². The van der Waals surface area contributed by atoms with Gasteiger partial charge < -0.3 is 0 Å². The maximum absolute atomic E-state index is 13.1. The van der Waals surface area contributed by atoms with Crippen molar-refractivity contribution in [1.29, 1.82) is 0 Å². The Bertz CT molecular complexity index is 850. The van der Waals surface area contributed by atoms with Crippen LogP contribution >= 0.6 is 11.6 Å². The summed E-state index contributed by atoms with van der Waals surface area (Å²) in [5.74, 6) is -0.557. The van der Waals surface area contributed by atoms with E-state index in [4.69, 9.17) is 11.6 Å². The Labute approximate surface area is 140 Å². The van der Waals surface area contributed by atoms with Gasteiger partial charge in [0, 0.05) is 13.1 Å². The van der Waals surface area contributed by atoms with Gasteiger partial charge in [0.05, 0.1) is 5.02 Å². The molecule has 0 saturated heterocycles. The molecular formula is C17H15ClFNO2S. The molecular weight excluding hydrogens is 337 g/mol. The summed E-state index contributed by atoms with van der Waals surface area (Å²) in [5, 5.41) is -0.0946. The van der Waals surface area contributed by atoms with Gasteiger partial charge >= 0.3 is 0 Å². The topological polar surface area (TPSA) is 37.4 Å². The molecule has 0 atom stereocenters. The van der Waals surface area contributed by atoms with Crippen molar-refractivity contribution in [3.05, 3.63) is 71.0 Å². The van der Waals surface area contributed by atoms with Crippen molar-refractivity contribution in [3.63, 3.8) is 0 Å². The van der Waals surface area contributed by atoms with Crippen LogP contribution in [0, 0.1) is 5.82 Å². The van der Waals surface area contributed by atoms with Gasteiger partial charge in [0.25, 0.3) is 0 Å². The minimum absolute atomic E-state index is 0.0582. The molecule has 0 amide bonds. The van der Waals surface area contributed by atoms with Crippen LogP contribution in [0.25, 0.3) is 5.57 Å². The molecule has 3 rings (SSSR count). The Morgan fingerprint density at radius 1 is 1.09 bits per heavy atom. The van der Waals surface area contributed by atoms with Crippen molar-refractivity contribution >= 4 is 27.2 Å². The number of rotatable bonds is 3. The van der Waals surface area contributed by atoms with Gasteiger partial charge in [-0.3, -0.25) is 0 Å². The molecule has 0 saturated carbocycles. The first-order valence-corrected chi connectivity index (χ1v) is 9.00. The zero-order valence-corrected chi connectivity index (χ0v) is 13.8. The van der Waals surface area contributed by atoms with Crippen molar-refractivity contribution in [3.8, 4) is 0 Å². The van der Waals surface area contributed by atoms with Crippen LogP contribution in [0.15, 0.2) is 59.5 Å². The van der Waals surface area contributed by atoms with Gasteiger partial charge in [0.1, 0.15) is 10.7 Å². The smallest absolute Gasteiger partial charge is 0.207 e. The van der Waals surface area contributed by atoms with Gasteiger partial charge in [-0.2, -0.15) is 4.31 Å². The highest BCUT2D eigenvalue weighted by molar-refractivity contribution is 7.89. The molecule has 120 valence electrons. The molecule has 3 nitrogen and oxygen atoms in total. The summed E-state index contributed by atoms with van der Waals surface area (Å²) < 4.78 is 39.8. The van der Waals surface area contributed by atoms with E-state index in [-0.39, 0.29) is 16.5 Å². The third-order valence-electron chi connectivity index (χ3n) is 3.83. The highest BCUT2D eigenvalue weighted by atomic mass is 35.5. The van der Waals surface area contributed by atoms with Crippen LogP contribution in [0.3, 0.4) is 0 Å². The fourth-order valence-electron chi connectivity index (χ4n) is 2.61. The fourth-order valence-corrected chi connectivity index (χ4v) is 4.49. The monoisotopic (exact) mass is 351 g/mol. The Hall–Kier alpha value is -1.69. The predicted octanol–water partition coefficient (Wildman–Crippen LogP) is 3.96. The zero-order chi connectivity index (χ0) is 16.4. The molecule has 0 bridgehead atoms. The van der Waals surface area contributed by atoms with Gasteiger partial charge in [-0.25, -0.2) is 12.8 Å². The molecule has 2 aromatic rings. The van der Waals surface area contributed by atoms with E-state index in [2.05, 4.69) is 0 Å². The summed E-state index contributed by atoms with van der Waals surface area (Å²) in [7, 11) is -3.72. The number of hydrogen-bond donors (Lipinski definition) is 0. The zero-order valence-electron chi connectivity index (χ0n) is 12.2. The van der Waals surface area contributed by atoms with E-state index in [1.807, 2.05) is 36.4 Å². The van der Waals surface area contributed by atoms with E-state index in [9.17, 15) is 12.8 Å². The number of sulfonamides is 1. The summed E-state index contributed by atoms with van der Waals surface area (Å²) in [6, 6.07) is 13.2. The Balaban J connectivity index is 1.85. The lowest BCUT2D eigenvalue weighted by molar-refractivity contribution is 0.441. The average Bonchev–Trinajstić information content (AvgIpc) is 2.55. The second-order valence-electron chi connectivity index (χ2n) is 5.28. The highest BCUT2D eigenvalue weighted by Gasteiger charge is 2.28. The number of hydrogen-bond acceptors (Lipinski definition) is 2. The minimum atomic E-state index is -3.72. The molecule has 0 radical (unpaired) electrons. The van der Waals surface area contributed by atoms with Gasteiger partial charge in [0.15, 0.2) is 0 Å². The van der Waals surface area contributed by atoms with Crippen LogP contribution in [-0.2, 0) is 10.0 Å². The van der Waals surface area contributed by atoms with Crippen LogP contribution in [-0.4, -0.2) is 25.8 Å². The van der Waals surface area contributed by atoms with E-state index in [1.54, 1.807) is 0 Å². The van der Waals surface area contributed by atoms with Gasteiger partial charge in [-0.1, -0.05) is 48.0 Å². The molecule has 23 heavy (non-hydrogen) atoms. The highest BCUT2D eigenvalue weighted by Crippen LogP contribution is 2.29. The van der Waals surface area contributed by atoms with E-state index in [0.717, 1.165) is 23.3 Å². The molecule has 1 aliphatic heterocycles. The predicted molar refractivity (Wildman–Crippen MR) is 89.2 cm³/mol. The lowest BCUT2D eigenvalue weighted by atomic mass is 10.0. The summed E-state index contributed by atoms with van der Waals surface area (Å²) >= 11 is 5.90. The first-order valence-electron chi connectivity index (χ1n) is 7.18. The SMILES string of the molecule is O=S(=O)(c1ccc(F)cc1Cl)N1CC=C(c2ccccc2)CC1. The molecule has 0 N–H and O–H groups in total. The maximum Gasteiger partial charge on any atom is 0.244 e. The normalized spacial score (nSPS) is 16.2. The second kappa shape index (κ2) is 6.43. The third-order valence-corrected chi connectivity index (χ3v) is 6.18. The Kier molecular flexibility index (Phi) is 4.53. The quantitative estimate of drug-likeness (QED) is 0.839. The van der Waals surface area contributed by atoms with Crippen LogP contribution in [0.4, 0.5) is 4.39 Å². The fraction of sp³-hybridized carbons (Fsp3) is 0.176. The summed E-state index contributed by atoms with van der Waals surface area (Å²) in [6.45, 7) is 0.650. The van der Waals surface area contributed by atoms with Crippen LogP contribution in [0.1, 0.15) is 12.0 Å². The van der Waals surface area contributed by atoms with E-state index in [0.29, 0.717) is 13.0 Å². The summed E-state index contributed by atoms with van der Waals surface area (Å²) in [5.41, 5.74) is 2.23. The lowest BCUT2D eigenvalue weighted by Gasteiger charge is -2.26. The molecule has 0 fully saturated rings. The lowest BCUT2D eigenvalue weighted by Crippen LogP contribution is -2.34. The van der Waals surface area contributed by atoms with Gasteiger partial charge in [0.2, 0.25) is 10.0 Å². The van der Waals surface area contributed by atoms with Crippen LogP contribution in [0.5, 0.6) is 0 Å². The van der Waals surface area contributed by atoms with Crippen molar-refractivity contribution in [2.45, 2.75) is 11.3 Å². The molecule has 1 heterocycles. The van der Waals surface area contributed by atoms with Crippen molar-refractivity contribution < 1.29 is 12.8 Å². The largest absolute Gasteiger partial charge is 0.244 e. The number of halogens is 2. The molecule has 0 unspecified atom stereocenters. The Morgan fingerprint density at radius 2 is 1.83 bits per heavy atom. The number of benzene rings is 2. The molecule has 0 aliphatic carbocycles. The van der Waals surface area contributed by atoms with Gasteiger partial charge in [-0.15, -0.1) is 0 Å². The molecule has 2 aromatic carbocycles. The first kappa shape index (κ1) is 16.2. The molecule has 0 spiro atoms. The first-order chi connectivity index (χ1) is 11.0. The average molecular weight is 352 g/mol.